The van der Waals surface area contributed by atoms with Crippen LogP contribution in [0.5, 0.6) is 0 Å². The van der Waals surface area contributed by atoms with E-state index in [1.807, 2.05) is 41.3 Å². The molecule has 2 heterocycles. The van der Waals surface area contributed by atoms with E-state index < -0.39 is 0 Å². The molecule has 25 heavy (non-hydrogen) atoms. The Morgan fingerprint density at radius 2 is 1.76 bits per heavy atom. The Morgan fingerprint density at radius 1 is 1.04 bits per heavy atom. The lowest BCUT2D eigenvalue weighted by Crippen LogP contribution is -2.32. The number of benzene rings is 2. The second kappa shape index (κ2) is 8.00. The van der Waals surface area contributed by atoms with Gasteiger partial charge in [-0.15, -0.1) is 12.4 Å². The van der Waals surface area contributed by atoms with Crippen molar-refractivity contribution in [3.63, 3.8) is 0 Å². The van der Waals surface area contributed by atoms with E-state index in [-0.39, 0.29) is 18.3 Å². The van der Waals surface area contributed by atoms with Crippen molar-refractivity contribution in [2.45, 2.75) is 29.1 Å². The van der Waals surface area contributed by atoms with Gasteiger partial charge in [-0.1, -0.05) is 35.5 Å². The molecule has 0 radical (unpaired) electrons. The molecule has 0 aromatic heterocycles. The average Bonchev–Trinajstić information content (AvgIpc) is 3.11. The predicted molar refractivity (Wildman–Crippen MR) is 107 cm³/mol. The van der Waals surface area contributed by atoms with Gasteiger partial charge in [-0.25, -0.2) is 0 Å². The molecule has 2 aromatic rings. The summed E-state index contributed by atoms with van der Waals surface area (Å²) in [5, 5.41) is 0.658. The number of para-hydroxylation sites is 1. The lowest BCUT2D eigenvalue weighted by molar-refractivity contribution is -0.118. The molecule has 1 saturated heterocycles. The van der Waals surface area contributed by atoms with Gasteiger partial charge in [-0.2, -0.15) is 0 Å². The van der Waals surface area contributed by atoms with Crippen LogP contribution in [-0.4, -0.2) is 30.4 Å². The lowest BCUT2D eigenvalue weighted by Gasteiger charge is -2.31. The first-order valence-electron chi connectivity index (χ1n) is 8.34. The molecule has 2 aliphatic rings. The molecule has 0 atom stereocenters. The standard InChI is InChI=1S/C19H19ClN2OS.ClH/c20-14-7-8-18-16(13-14)22(15-5-1-2-6-17(15)24-18)19(23)9-12-21-10-3-4-11-21;/h1-2,5-8,13H,3-4,9-12H2;1H. The summed E-state index contributed by atoms with van der Waals surface area (Å²) in [6.07, 6.45) is 3.02. The van der Waals surface area contributed by atoms with Crippen LogP contribution in [0.4, 0.5) is 11.4 Å². The summed E-state index contributed by atoms with van der Waals surface area (Å²) in [6, 6.07) is 13.9. The number of nitrogens with zero attached hydrogens (tertiary/aromatic N) is 2. The number of anilines is 2. The highest BCUT2D eigenvalue weighted by Crippen LogP contribution is 2.48. The Labute approximate surface area is 163 Å². The van der Waals surface area contributed by atoms with Crippen molar-refractivity contribution < 1.29 is 4.79 Å². The number of hydrogen-bond donors (Lipinski definition) is 0. The number of fused-ring (bicyclic) bond motifs is 2. The van der Waals surface area contributed by atoms with Crippen molar-refractivity contribution >= 4 is 53.1 Å². The molecular formula is C19H20Cl2N2OS. The van der Waals surface area contributed by atoms with Crippen LogP contribution in [0.15, 0.2) is 52.3 Å². The van der Waals surface area contributed by atoms with E-state index >= 15 is 0 Å². The Bertz CT molecular complexity index is 778. The lowest BCUT2D eigenvalue weighted by atomic mass is 10.2. The van der Waals surface area contributed by atoms with Crippen LogP contribution in [-0.2, 0) is 4.79 Å². The number of carbonyl (C=O) groups is 1. The van der Waals surface area contributed by atoms with E-state index in [1.54, 1.807) is 11.8 Å². The molecule has 0 bridgehead atoms. The molecule has 2 aliphatic heterocycles. The van der Waals surface area contributed by atoms with Gasteiger partial charge in [0.2, 0.25) is 5.91 Å². The highest BCUT2D eigenvalue weighted by atomic mass is 35.5. The van der Waals surface area contributed by atoms with Crippen LogP contribution in [0.25, 0.3) is 0 Å². The molecule has 1 fully saturated rings. The van der Waals surface area contributed by atoms with Crippen molar-refractivity contribution in [1.29, 1.82) is 0 Å². The minimum Gasteiger partial charge on any atom is -0.303 e. The molecule has 6 heteroatoms. The highest BCUT2D eigenvalue weighted by Gasteiger charge is 2.28. The van der Waals surface area contributed by atoms with Gasteiger partial charge in [0, 0.05) is 27.8 Å². The van der Waals surface area contributed by atoms with Crippen LogP contribution in [0.3, 0.4) is 0 Å². The van der Waals surface area contributed by atoms with E-state index in [0.717, 1.165) is 40.8 Å². The van der Waals surface area contributed by atoms with E-state index in [9.17, 15) is 4.79 Å². The van der Waals surface area contributed by atoms with Crippen LogP contribution in [0.2, 0.25) is 5.02 Å². The predicted octanol–water partition coefficient (Wildman–Crippen LogP) is 5.38. The Morgan fingerprint density at radius 3 is 2.56 bits per heavy atom. The zero-order chi connectivity index (χ0) is 16.5. The third kappa shape index (κ3) is 3.82. The first-order chi connectivity index (χ1) is 11.7. The second-order valence-electron chi connectivity index (χ2n) is 6.21. The number of likely N-dealkylation sites (tertiary alicyclic amines) is 1. The van der Waals surface area contributed by atoms with Crippen molar-refractivity contribution in [3.8, 4) is 0 Å². The summed E-state index contributed by atoms with van der Waals surface area (Å²) in [7, 11) is 0. The SMILES string of the molecule is Cl.O=C(CCN1CCCC1)N1c2ccccc2Sc2ccc(Cl)cc21. The summed E-state index contributed by atoms with van der Waals surface area (Å²) in [5.41, 5.74) is 1.86. The van der Waals surface area contributed by atoms with Gasteiger partial charge < -0.3 is 4.90 Å². The molecule has 2 aromatic carbocycles. The Kier molecular flexibility index (Phi) is 5.95. The molecule has 0 spiro atoms. The number of halogens is 2. The number of rotatable bonds is 3. The van der Waals surface area contributed by atoms with E-state index in [4.69, 9.17) is 11.6 Å². The largest absolute Gasteiger partial charge is 0.303 e. The highest BCUT2D eigenvalue weighted by molar-refractivity contribution is 7.99. The van der Waals surface area contributed by atoms with E-state index in [1.165, 1.54) is 12.8 Å². The summed E-state index contributed by atoms with van der Waals surface area (Å²) in [4.78, 5) is 19.5. The third-order valence-corrected chi connectivity index (χ3v) is 5.94. The third-order valence-electron chi connectivity index (χ3n) is 4.58. The quantitative estimate of drug-likeness (QED) is 0.698. The van der Waals surface area contributed by atoms with Crippen molar-refractivity contribution in [2.24, 2.45) is 0 Å². The fourth-order valence-electron chi connectivity index (χ4n) is 3.37. The molecule has 4 rings (SSSR count). The number of hydrogen-bond acceptors (Lipinski definition) is 3. The maximum absolute atomic E-state index is 13.0. The zero-order valence-corrected chi connectivity index (χ0v) is 16.2. The van der Waals surface area contributed by atoms with Crippen LogP contribution in [0.1, 0.15) is 19.3 Å². The Hall–Kier alpha value is -1.20. The van der Waals surface area contributed by atoms with Gasteiger partial charge in [0.25, 0.3) is 0 Å². The summed E-state index contributed by atoms with van der Waals surface area (Å²) < 4.78 is 0. The van der Waals surface area contributed by atoms with Crippen molar-refractivity contribution in [1.82, 2.24) is 4.90 Å². The number of carbonyl (C=O) groups excluding carboxylic acids is 1. The van der Waals surface area contributed by atoms with Crippen LogP contribution >= 0.6 is 35.8 Å². The van der Waals surface area contributed by atoms with Gasteiger partial charge in [-0.3, -0.25) is 9.69 Å². The first-order valence-corrected chi connectivity index (χ1v) is 9.53. The molecule has 132 valence electrons. The molecule has 0 aliphatic carbocycles. The number of amides is 1. The van der Waals surface area contributed by atoms with Crippen molar-refractivity contribution in [3.05, 3.63) is 47.5 Å². The molecule has 1 amide bonds. The van der Waals surface area contributed by atoms with E-state index in [2.05, 4.69) is 11.0 Å². The summed E-state index contributed by atoms with van der Waals surface area (Å²) in [6.45, 7) is 3.06. The molecule has 3 nitrogen and oxygen atoms in total. The van der Waals surface area contributed by atoms with Crippen LogP contribution in [0, 0.1) is 0 Å². The minimum absolute atomic E-state index is 0. The smallest absolute Gasteiger partial charge is 0.232 e. The topological polar surface area (TPSA) is 23.6 Å². The maximum Gasteiger partial charge on any atom is 0.232 e. The van der Waals surface area contributed by atoms with Gasteiger partial charge in [0.05, 0.1) is 11.4 Å². The monoisotopic (exact) mass is 394 g/mol. The van der Waals surface area contributed by atoms with Crippen molar-refractivity contribution in [2.75, 3.05) is 24.5 Å². The average molecular weight is 395 g/mol. The van der Waals surface area contributed by atoms with Gasteiger partial charge in [0.15, 0.2) is 0 Å². The fourth-order valence-corrected chi connectivity index (χ4v) is 4.57. The molecule has 0 unspecified atom stereocenters. The Balaban J connectivity index is 0.00000182. The second-order valence-corrected chi connectivity index (χ2v) is 7.73. The van der Waals surface area contributed by atoms with Gasteiger partial charge >= 0.3 is 0 Å². The molecule has 0 saturated carbocycles. The first kappa shape index (κ1) is 18.6. The minimum atomic E-state index is 0. The zero-order valence-electron chi connectivity index (χ0n) is 13.8. The summed E-state index contributed by atoms with van der Waals surface area (Å²) in [5.74, 6) is 0.137. The molecule has 0 N–H and O–H groups in total. The summed E-state index contributed by atoms with van der Waals surface area (Å²) >= 11 is 7.89. The van der Waals surface area contributed by atoms with Gasteiger partial charge in [-0.05, 0) is 56.3 Å². The maximum atomic E-state index is 13.0. The van der Waals surface area contributed by atoms with Gasteiger partial charge in [0.1, 0.15) is 0 Å². The fraction of sp³-hybridized carbons (Fsp3) is 0.316. The van der Waals surface area contributed by atoms with Crippen LogP contribution < -0.4 is 4.90 Å². The van der Waals surface area contributed by atoms with E-state index in [0.29, 0.717) is 11.4 Å². The molecular weight excluding hydrogens is 375 g/mol. The normalized spacial score (nSPS) is 16.1.